The maximum absolute atomic E-state index is 4.77. The van der Waals surface area contributed by atoms with Crippen LogP contribution < -0.4 is 10.6 Å². The summed E-state index contributed by atoms with van der Waals surface area (Å²) in [6.45, 7) is 13.8. The average Bonchev–Trinajstić information content (AvgIpc) is 3.11. The SMILES string of the molecule is CCNc1nc(C(C)(C)C)nc(NC2CC2CC)c1C. The minimum absolute atomic E-state index is 0.0397. The van der Waals surface area contributed by atoms with Crippen molar-refractivity contribution in [3.63, 3.8) is 0 Å². The lowest BCUT2D eigenvalue weighted by atomic mass is 9.95. The highest BCUT2D eigenvalue weighted by atomic mass is 15.1. The molecular weight excluding hydrogens is 248 g/mol. The van der Waals surface area contributed by atoms with Gasteiger partial charge in [-0.1, -0.05) is 34.1 Å². The third kappa shape index (κ3) is 3.22. The fraction of sp³-hybridized carbons (Fsp3) is 0.750. The quantitative estimate of drug-likeness (QED) is 0.860. The summed E-state index contributed by atoms with van der Waals surface area (Å²) >= 11 is 0. The Balaban J connectivity index is 2.31. The number of nitrogens with one attached hydrogen (secondary N) is 2. The number of aromatic nitrogens is 2. The van der Waals surface area contributed by atoms with Crippen molar-refractivity contribution in [2.24, 2.45) is 5.92 Å². The Labute approximate surface area is 122 Å². The largest absolute Gasteiger partial charge is 0.370 e. The van der Waals surface area contributed by atoms with Crippen molar-refractivity contribution in [2.45, 2.75) is 65.8 Å². The zero-order valence-electron chi connectivity index (χ0n) is 13.7. The summed E-state index contributed by atoms with van der Waals surface area (Å²) in [6.07, 6.45) is 2.51. The summed E-state index contributed by atoms with van der Waals surface area (Å²) in [4.78, 5) is 9.47. The van der Waals surface area contributed by atoms with Crippen LogP contribution >= 0.6 is 0 Å². The molecule has 4 heteroatoms. The van der Waals surface area contributed by atoms with Gasteiger partial charge in [0.25, 0.3) is 0 Å². The molecule has 1 aromatic heterocycles. The van der Waals surface area contributed by atoms with E-state index in [4.69, 9.17) is 9.97 Å². The summed E-state index contributed by atoms with van der Waals surface area (Å²) in [6, 6.07) is 0.593. The second kappa shape index (κ2) is 5.58. The molecule has 0 bridgehead atoms. The third-order valence-electron chi connectivity index (χ3n) is 3.93. The van der Waals surface area contributed by atoms with Gasteiger partial charge >= 0.3 is 0 Å². The molecule has 2 N–H and O–H groups in total. The molecule has 0 aliphatic heterocycles. The molecule has 0 amide bonds. The summed E-state index contributed by atoms with van der Waals surface area (Å²) in [5.74, 6) is 3.67. The Morgan fingerprint density at radius 1 is 1.15 bits per heavy atom. The van der Waals surface area contributed by atoms with Gasteiger partial charge in [0.15, 0.2) is 0 Å². The van der Waals surface area contributed by atoms with Gasteiger partial charge < -0.3 is 10.6 Å². The summed E-state index contributed by atoms with van der Waals surface area (Å²) in [5, 5.41) is 6.96. The fourth-order valence-corrected chi connectivity index (χ4v) is 2.38. The fourth-order valence-electron chi connectivity index (χ4n) is 2.38. The van der Waals surface area contributed by atoms with Crippen molar-refractivity contribution in [1.29, 1.82) is 0 Å². The monoisotopic (exact) mass is 276 g/mol. The zero-order chi connectivity index (χ0) is 14.9. The molecule has 1 aromatic rings. The van der Waals surface area contributed by atoms with E-state index in [1.807, 2.05) is 0 Å². The number of anilines is 2. The van der Waals surface area contributed by atoms with Crippen molar-refractivity contribution in [3.05, 3.63) is 11.4 Å². The Kier molecular flexibility index (Phi) is 4.21. The molecule has 2 unspecified atom stereocenters. The van der Waals surface area contributed by atoms with Gasteiger partial charge in [-0.05, 0) is 26.2 Å². The highest BCUT2D eigenvalue weighted by molar-refractivity contribution is 5.58. The first-order chi connectivity index (χ1) is 9.36. The predicted octanol–water partition coefficient (Wildman–Crippen LogP) is 3.72. The topological polar surface area (TPSA) is 49.8 Å². The van der Waals surface area contributed by atoms with E-state index in [1.54, 1.807) is 0 Å². The number of rotatable bonds is 5. The summed E-state index contributed by atoms with van der Waals surface area (Å²) < 4.78 is 0. The molecule has 1 fully saturated rings. The van der Waals surface area contributed by atoms with E-state index in [2.05, 4.69) is 52.2 Å². The van der Waals surface area contributed by atoms with Crippen molar-refractivity contribution < 1.29 is 0 Å². The standard InChI is InChI=1S/C16H28N4/c1-7-11-9-12(11)18-14-10(3)13(17-8-2)19-15(20-14)16(4,5)6/h11-12H,7-9H2,1-6H3,(H2,17,18,19,20). The van der Waals surface area contributed by atoms with Gasteiger partial charge in [0.05, 0.1) is 0 Å². The third-order valence-corrected chi connectivity index (χ3v) is 3.93. The van der Waals surface area contributed by atoms with Crippen LogP contribution in [0.15, 0.2) is 0 Å². The molecule has 2 rings (SSSR count). The van der Waals surface area contributed by atoms with Crippen molar-refractivity contribution in [2.75, 3.05) is 17.2 Å². The van der Waals surface area contributed by atoms with E-state index in [0.717, 1.165) is 35.5 Å². The molecule has 0 spiro atoms. The van der Waals surface area contributed by atoms with Crippen molar-refractivity contribution in [3.8, 4) is 0 Å². The lowest BCUT2D eigenvalue weighted by molar-refractivity contribution is 0.546. The average molecular weight is 276 g/mol. The first kappa shape index (κ1) is 15.1. The smallest absolute Gasteiger partial charge is 0.138 e. The first-order valence-electron chi connectivity index (χ1n) is 7.76. The van der Waals surface area contributed by atoms with Gasteiger partial charge in [0.1, 0.15) is 17.5 Å². The Morgan fingerprint density at radius 2 is 1.80 bits per heavy atom. The number of nitrogens with zero attached hydrogens (tertiary/aromatic N) is 2. The second-order valence-electron chi connectivity index (χ2n) is 6.80. The van der Waals surface area contributed by atoms with E-state index in [1.165, 1.54) is 12.8 Å². The van der Waals surface area contributed by atoms with Gasteiger partial charge in [0.2, 0.25) is 0 Å². The van der Waals surface area contributed by atoms with Gasteiger partial charge in [0, 0.05) is 23.6 Å². The van der Waals surface area contributed by atoms with Crippen LogP contribution in [0.25, 0.3) is 0 Å². The van der Waals surface area contributed by atoms with E-state index in [9.17, 15) is 0 Å². The lowest BCUT2D eigenvalue weighted by Crippen LogP contribution is -2.20. The first-order valence-corrected chi connectivity index (χ1v) is 7.76. The lowest BCUT2D eigenvalue weighted by Gasteiger charge is -2.21. The maximum atomic E-state index is 4.77. The molecule has 2 atom stereocenters. The van der Waals surface area contributed by atoms with E-state index in [-0.39, 0.29) is 5.41 Å². The highest BCUT2D eigenvalue weighted by Gasteiger charge is 2.36. The van der Waals surface area contributed by atoms with Crippen LogP contribution in [-0.4, -0.2) is 22.6 Å². The van der Waals surface area contributed by atoms with E-state index in [0.29, 0.717) is 6.04 Å². The van der Waals surface area contributed by atoms with Crippen LogP contribution in [0, 0.1) is 12.8 Å². The highest BCUT2D eigenvalue weighted by Crippen LogP contribution is 2.37. The molecule has 112 valence electrons. The Bertz CT molecular complexity index is 476. The van der Waals surface area contributed by atoms with E-state index < -0.39 is 0 Å². The minimum Gasteiger partial charge on any atom is -0.370 e. The van der Waals surface area contributed by atoms with Gasteiger partial charge in [-0.25, -0.2) is 9.97 Å². The summed E-state index contributed by atoms with van der Waals surface area (Å²) in [5.41, 5.74) is 1.09. The molecule has 0 aromatic carbocycles. The molecular formula is C16H28N4. The van der Waals surface area contributed by atoms with Crippen LogP contribution in [0.2, 0.25) is 0 Å². The maximum Gasteiger partial charge on any atom is 0.138 e. The minimum atomic E-state index is -0.0397. The molecule has 4 nitrogen and oxygen atoms in total. The Morgan fingerprint density at radius 3 is 2.30 bits per heavy atom. The normalized spacial score (nSPS) is 21.7. The van der Waals surface area contributed by atoms with Gasteiger partial charge in [-0.15, -0.1) is 0 Å². The summed E-state index contributed by atoms with van der Waals surface area (Å²) in [7, 11) is 0. The number of hydrogen-bond donors (Lipinski definition) is 2. The van der Waals surface area contributed by atoms with Gasteiger partial charge in [-0.2, -0.15) is 0 Å². The van der Waals surface area contributed by atoms with Crippen molar-refractivity contribution >= 4 is 11.6 Å². The van der Waals surface area contributed by atoms with Crippen LogP contribution in [0.1, 0.15) is 58.8 Å². The zero-order valence-corrected chi connectivity index (χ0v) is 13.7. The molecule has 1 aliphatic rings. The second-order valence-corrected chi connectivity index (χ2v) is 6.80. The molecule has 20 heavy (non-hydrogen) atoms. The molecule has 1 saturated carbocycles. The van der Waals surface area contributed by atoms with Crippen LogP contribution in [-0.2, 0) is 5.41 Å². The number of hydrogen-bond acceptors (Lipinski definition) is 4. The van der Waals surface area contributed by atoms with E-state index >= 15 is 0 Å². The molecule has 1 heterocycles. The van der Waals surface area contributed by atoms with Crippen LogP contribution in [0.3, 0.4) is 0 Å². The predicted molar refractivity (Wildman–Crippen MR) is 85.4 cm³/mol. The molecule has 1 aliphatic carbocycles. The molecule has 0 radical (unpaired) electrons. The molecule has 0 saturated heterocycles. The van der Waals surface area contributed by atoms with Crippen LogP contribution in [0.5, 0.6) is 0 Å². The Hall–Kier alpha value is -1.32. The van der Waals surface area contributed by atoms with Gasteiger partial charge in [-0.3, -0.25) is 0 Å². The van der Waals surface area contributed by atoms with Crippen LogP contribution in [0.4, 0.5) is 11.6 Å². The van der Waals surface area contributed by atoms with Crippen molar-refractivity contribution in [1.82, 2.24) is 9.97 Å².